The Morgan fingerprint density at radius 2 is 2.42 bits per heavy atom. The highest BCUT2D eigenvalue weighted by molar-refractivity contribution is 5.92. The molecule has 2 rings (SSSR count). The molecule has 0 spiro atoms. The van der Waals surface area contributed by atoms with Gasteiger partial charge in [0.25, 0.3) is 11.5 Å². The van der Waals surface area contributed by atoms with Crippen LogP contribution in [0.4, 0.5) is 0 Å². The van der Waals surface area contributed by atoms with Crippen LogP contribution in [0, 0.1) is 0 Å². The molecule has 1 atom stereocenters. The number of H-pyrrole nitrogens is 1. The zero-order valence-corrected chi connectivity index (χ0v) is 10.5. The summed E-state index contributed by atoms with van der Waals surface area (Å²) in [5.41, 5.74) is -0.131. The number of aryl methyl sites for hydroxylation is 1. The van der Waals surface area contributed by atoms with Crippen molar-refractivity contribution in [3.05, 3.63) is 46.9 Å². The summed E-state index contributed by atoms with van der Waals surface area (Å²) >= 11 is 0. The number of nitrogens with zero attached hydrogens (tertiary/aromatic N) is 3. The lowest BCUT2D eigenvalue weighted by Crippen LogP contribution is -2.34. The first kappa shape index (κ1) is 13.0. The van der Waals surface area contributed by atoms with Gasteiger partial charge in [-0.05, 0) is 19.4 Å². The van der Waals surface area contributed by atoms with Gasteiger partial charge in [0.1, 0.15) is 5.69 Å². The second kappa shape index (κ2) is 5.94. The van der Waals surface area contributed by atoms with E-state index < -0.39 is 0 Å². The Hall–Kier alpha value is -2.44. The maximum atomic E-state index is 11.8. The van der Waals surface area contributed by atoms with E-state index in [0.29, 0.717) is 0 Å². The van der Waals surface area contributed by atoms with E-state index in [9.17, 15) is 9.59 Å². The van der Waals surface area contributed by atoms with Crippen LogP contribution in [-0.2, 0) is 6.54 Å². The monoisotopic (exact) mass is 261 g/mol. The van der Waals surface area contributed by atoms with E-state index in [2.05, 4.69) is 20.4 Å². The molecule has 0 radical (unpaired) electrons. The fourth-order valence-corrected chi connectivity index (χ4v) is 1.59. The SMILES string of the molecule is C[C@@H](CCn1cccn1)NC(=O)c1c[nH]c(=O)cn1. The molecule has 0 fully saturated rings. The topological polar surface area (TPSA) is 92.7 Å². The van der Waals surface area contributed by atoms with Gasteiger partial charge < -0.3 is 10.3 Å². The van der Waals surface area contributed by atoms with Crippen LogP contribution in [0.15, 0.2) is 35.6 Å². The first-order chi connectivity index (χ1) is 9.15. The fraction of sp³-hybridized carbons (Fsp3) is 0.333. The molecule has 0 saturated heterocycles. The molecule has 0 aromatic carbocycles. The first-order valence-electron chi connectivity index (χ1n) is 5.98. The van der Waals surface area contributed by atoms with E-state index in [4.69, 9.17) is 0 Å². The van der Waals surface area contributed by atoms with Crippen molar-refractivity contribution in [2.24, 2.45) is 0 Å². The zero-order chi connectivity index (χ0) is 13.7. The Bertz CT molecular complexity index is 570. The second-order valence-electron chi connectivity index (χ2n) is 4.23. The minimum absolute atomic E-state index is 0.00886. The van der Waals surface area contributed by atoms with Crippen LogP contribution in [0.5, 0.6) is 0 Å². The third kappa shape index (κ3) is 3.77. The van der Waals surface area contributed by atoms with Crippen LogP contribution in [0.2, 0.25) is 0 Å². The first-order valence-corrected chi connectivity index (χ1v) is 5.98. The molecule has 0 unspecified atom stereocenters. The third-order valence-corrected chi connectivity index (χ3v) is 2.63. The summed E-state index contributed by atoms with van der Waals surface area (Å²) in [4.78, 5) is 28.8. The summed E-state index contributed by atoms with van der Waals surface area (Å²) in [5.74, 6) is -0.302. The van der Waals surface area contributed by atoms with E-state index in [1.54, 1.807) is 10.9 Å². The highest BCUT2D eigenvalue weighted by atomic mass is 16.2. The van der Waals surface area contributed by atoms with Gasteiger partial charge in [0.15, 0.2) is 0 Å². The maximum Gasteiger partial charge on any atom is 0.271 e. The number of carbonyl (C=O) groups is 1. The molecule has 0 bridgehead atoms. The largest absolute Gasteiger partial charge is 0.348 e. The summed E-state index contributed by atoms with van der Waals surface area (Å²) in [5, 5.41) is 6.90. The molecule has 7 heteroatoms. The molecule has 2 aromatic heterocycles. The van der Waals surface area contributed by atoms with Gasteiger partial charge >= 0.3 is 0 Å². The van der Waals surface area contributed by atoms with Crippen molar-refractivity contribution in [3.63, 3.8) is 0 Å². The predicted molar refractivity (Wildman–Crippen MR) is 68.6 cm³/mol. The lowest BCUT2D eigenvalue weighted by atomic mass is 10.2. The smallest absolute Gasteiger partial charge is 0.271 e. The highest BCUT2D eigenvalue weighted by Gasteiger charge is 2.11. The van der Waals surface area contributed by atoms with Gasteiger partial charge in [-0.1, -0.05) is 0 Å². The predicted octanol–water partition coefficient (Wildman–Crippen LogP) is 0.175. The lowest BCUT2D eigenvalue weighted by Gasteiger charge is -2.13. The average molecular weight is 261 g/mol. The van der Waals surface area contributed by atoms with Crippen molar-refractivity contribution >= 4 is 5.91 Å². The number of hydrogen-bond acceptors (Lipinski definition) is 4. The number of amides is 1. The highest BCUT2D eigenvalue weighted by Crippen LogP contribution is 1.97. The van der Waals surface area contributed by atoms with E-state index in [-0.39, 0.29) is 23.2 Å². The van der Waals surface area contributed by atoms with Gasteiger partial charge in [0.2, 0.25) is 0 Å². The van der Waals surface area contributed by atoms with Gasteiger partial charge in [-0.3, -0.25) is 14.3 Å². The molecule has 0 aliphatic rings. The summed E-state index contributed by atoms with van der Waals surface area (Å²) in [6, 6.07) is 1.85. The van der Waals surface area contributed by atoms with Crippen LogP contribution in [0.3, 0.4) is 0 Å². The summed E-state index contributed by atoms with van der Waals surface area (Å²) < 4.78 is 1.81. The molecule has 1 amide bonds. The Morgan fingerprint density at radius 3 is 3.05 bits per heavy atom. The molecule has 2 N–H and O–H groups in total. The summed E-state index contributed by atoms with van der Waals surface area (Å²) in [6.45, 7) is 2.64. The van der Waals surface area contributed by atoms with Gasteiger partial charge in [-0.15, -0.1) is 0 Å². The van der Waals surface area contributed by atoms with Crippen molar-refractivity contribution in [1.29, 1.82) is 0 Å². The van der Waals surface area contributed by atoms with Gasteiger partial charge in [-0.25, -0.2) is 4.98 Å². The average Bonchev–Trinajstić information content (AvgIpc) is 2.90. The number of aromatic nitrogens is 4. The second-order valence-corrected chi connectivity index (χ2v) is 4.23. The van der Waals surface area contributed by atoms with E-state index >= 15 is 0 Å². The van der Waals surface area contributed by atoms with E-state index in [0.717, 1.165) is 19.2 Å². The minimum atomic E-state index is -0.330. The zero-order valence-electron chi connectivity index (χ0n) is 10.5. The van der Waals surface area contributed by atoms with Crippen LogP contribution in [-0.4, -0.2) is 31.7 Å². The molecule has 2 aromatic rings. The van der Waals surface area contributed by atoms with Gasteiger partial charge in [0.05, 0.1) is 6.20 Å². The number of hydrogen-bond donors (Lipinski definition) is 2. The van der Waals surface area contributed by atoms with Crippen molar-refractivity contribution in [2.75, 3.05) is 0 Å². The van der Waals surface area contributed by atoms with Gasteiger partial charge in [-0.2, -0.15) is 5.10 Å². The van der Waals surface area contributed by atoms with Crippen molar-refractivity contribution in [1.82, 2.24) is 25.1 Å². The van der Waals surface area contributed by atoms with Crippen molar-refractivity contribution in [3.8, 4) is 0 Å². The summed E-state index contributed by atoms with van der Waals surface area (Å²) in [7, 11) is 0. The van der Waals surface area contributed by atoms with Crippen molar-refractivity contribution < 1.29 is 4.79 Å². The maximum absolute atomic E-state index is 11.8. The molecule has 0 saturated carbocycles. The van der Waals surface area contributed by atoms with E-state index in [1.807, 2.05) is 19.2 Å². The molecule has 19 heavy (non-hydrogen) atoms. The molecule has 0 aliphatic heterocycles. The number of nitrogens with one attached hydrogen (secondary N) is 2. The third-order valence-electron chi connectivity index (χ3n) is 2.63. The Labute approximate surface area is 109 Å². The lowest BCUT2D eigenvalue weighted by molar-refractivity contribution is 0.0932. The van der Waals surface area contributed by atoms with E-state index in [1.165, 1.54) is 6.20 Å². The fourth-order valence-electron chi connectivity index (χ4n) is 1.59. The number of rotatable bonds is 5. The molecule has 100 valence electrons. The normalized spacial score (nSPS) is 12.1. The van der Waals surface area contributed by atoms with Gasteiger partial charge in [0, 0.05) is 31.2 Å². The summed E-state index contributed by atoms with van der Waals surface area (Å²) in [6.07, 6.45) is 6.74. The number of aromatic amines is 1. The Kier molecular flexibility index (Phi) is 4.07. The Morgan fingerprint density at radius 1 is 1.58 bits per heavy atom. The minimum Gasteiger partial charge on any atom is -0.348 e. The van der Waals surface area contributed by atoms with Crippen LogP contribution >= 0.6 is 0 Å². The molecule has 0 aliphatic carbocycles. The quantitative estimate of drug-likeness (QED) is 0.802. The van der Waals surface area contributed by atoms with Crippen molar-refractivity contribution in [2.45, 2.75) is 25.9 Å². The molecule has 2 heterocycles. The number of carbonyl (C=O) groups excluding carboxylic acids is 1. The standard InChI is InChI=1S/C12H15N5O2/c1-9(3-6-17-5-2-4-15-17)16-12(19)10-7-14-11(18)8-13-10/h2,4-5,7-9H,3,6H2,1H3,(H,14,18)(H,16,19)/t9-/m0/s1. The van der Waals surface area contributed by atoms with Crippen LogP contribution in [0.25, 0.3) is 0 Å². The van der Waals surface area contributed by atoms with Crippen LogP contribution in [0.1, 0.15) is 23.8 Å². The Balaban J connectivity index is 1.84. The molecular weight excluding hydrogens is 246 g/mol. The molecule has 7 nitrogen and oxygen atoms in total. The van der Waals surface area contributed by atoms with Crippen LogP contribution < -0.4 is 10.9 Å². The molecular formula is C12H15N5O2.